The van der Waals surface area contributed by atoms with Crippen molar-refractivity contribution in [2.75, 3.05) is 119 Å². The highest BCUT2D eigenvalue weighted by Gasteiger charge is 2.36. The zero-order valence-corrected chi connectivity index (χ0v) is 45.0. The van der Waals surface area contributed by atoms with E-state index in [1.54, 1.807) is 49.3 Å². The molecule has 0 aliphatic carbocycles. The molecular weight excluding hydrogens is 971 g/mol. The molecule has 3 aromatic rings. The molecule has 0 radical (unpaired) electrons. The van der Waals surface area contributed by atoms with Gasteiger partial charge in [-0.2, -0.15) is 0 Å². The van der Waals surface area contributed by atoms with Gasteiger partial charge in [0.2, 0.25) is 0 Å². The summed E-state index contributed by atoms with van der Waals surface area (Å²) in [5.41, 5.74) is 5.52. The average Bonchev–Trinajstić information content (AvgIpc) is 3.97. The van der Waals surface area contributed by atoms with Crippen molar-refractivity contribution in [2.45, 2.75) is 70.6 Å². The van der Waals surface area contributed by atoms with Gasteiger partial charge >= 0.3 is 0 Å². The highest BCUT2D eigenvalue weighted by molar-refractivity contribution is 8.77. The van der Waals surface area contributed by atoms with Gasteiger partial charge in [-0.05, 0) is 58.9 Å². The minimum atomic E-state index is -0.110. The van der Waals surface area contributed by atoms with Crippen LogP contribution in [-0.2, 0) is 27.4 Å². The maximum atomic E-state index is 13.8. The Morgan fingerprint density at radius 2 is 1.25 bits per heavy atom. The number of ether oxygens (including phenoxy) is 8. The second-order valence-electron chi connectivity index (χ2n) is 19.1. The SMILES string of the molecule is CC=C1C[C@H]2C=Nc3cc(OCc4cc(OCCN(CCOCCOCCN5CCOCC5)CC(C)(C)SSC)cc(COc5cc6c(cc5OC)C(=O)N5CC(=CC)C[C@H]5C=N6)n4)c(OC)cc3C(=O)N2C1. The number of allylic oxidation sites excluding steroid dienone is 2. The summed E-state index contributed by atoms with van der Waals surface area (Å²) in [4.78, 5) is 50.5. The Balaban J connectivity index is 0.972. The number of carbonyl (C=O) groups is 2. The summed E-state index contributed by atoms with van der Waals surface area (Å²) < 4.78 is 48.4. The summed E-state index contributed by atoms with van der Waals surface area (Å²) in [5.74, 6) is 2.05. The number of aliphatic imine (C=N–C) groups is 2. The average molecular weight is 1040 g/mol. The molecule has 0 spiro atoms. The van der Waals surface area contributed by atoms with Crippen molar-refractivity contribution < 1.29 is 47.5 Å². The Hall–Kier alpha value is -5.15. The quantitative estimate of drug-likeness (QED) is 0.0459. The van der Waals surface area contributed by atoms with Crippen LogP contribution in [0, 0.1) is 0 Å². The molecule has 1 aromatic heterocycles. The van der Waals surface area contributed by atoms with Gasteiger partial charge in [0.25, 0.3) is 11.8 Å². The zero-order valence-electron chi connectivity index (χ0n) is 43.4. The minimum absolute atomic E-state index is 0.0162. The molecular formula is C54H71N7O10S2. The number of methoxy groups -OCH3 is 2. The maximum Gasteiger partial charge on any atom is 0.257 e. The standard InChI is InChI=1S/C54H71N7O10S2/c1-8-37-22-41-30-55-46-28-50(48(64-5)26-44(46)52(62)60(41)32-37)70-34-39-24-43(69-19-14-59(36-54(3,4)73-72-7)13-18-68-21-20-67-17-12-58-10-15-66-16-11-58)25-40(57-39)35-71-51-29-47-45(27-49(51)65-6)53(63)61-33-38(9-2)23-42(61)31-56-47/h8-9,24-31,41-42H,10-23,32-36H2,1-7H3/t41-,42-/m0/s1. The van der Waals surface area contributed by atoms with Crippen LogP contribution >= 0.6 is 21.6 Å². The van der Waals surface area contributed by atoms with Crippen LogP contribution in [0.1, 0.15) is 72.6 Å². The van der Waals surface area contributed by atoms with Crippen molar-refractivity contribution in [1.82, 2.24) is 24.6 Å². The van der Waals surface area contributed by atoms with E-state index in [9.17, 15) is 9.59 Å². The lowest BCUT2D eigenvalue weighted by Crippen LogP contribution is -2.40. The number of benzene rings is 2. The van der Waals surface area contributed by atoms with Crippen LogP contribution in [0.4, 0.5) is 11.4 Å². The number of fused-ring (bicyclic) bond motifs is 4. The molecule has 17 nitrogen and oxygen atoms in total. The van der Waals surface area contributed by atoms with E-state index in [2.05, 4.69) is 42.1 Å². The Labute approximate surface area is 438 Å². The molecule has 5 aliphatic heterocycles. The summed E-state index contributed by atoms with van der Waals surface area (Å²) in [5, 5.41) is 0. The normalized spacial score (nSPS) is 19.8. The number of pyridine rings is 1. The minimum Gasteiger partial charge on any atom is -0.493 e. The third kappa shape index (κ3) is 14.2. The van der Waals surface area contributed by atoms with E-state index in [1.807, 2.05) is 59.0 Å². The molecule has 5 aliphatic rings. The topological polar surface area (TPSA) is 159 Å². The van der Waals surface area contributed by atoms with Crippen LogP contribution in [-0.4, -0.2) is 185 Å². The summed E-state index contributed by atoms with van der Waals surface area (Å²) in [6.45, 7) is 19.0. The molecule has 2 atom stereocenters. The van der Waals surface area contributed by atoms with Crippen LogP contribution in [0.15, 0.2) is 69.7 Å². The van der Waals surface area contributed by atoms with Crippen molar-refractivity contribution in [2.24, 2.45) is 9.98 Å². The van der Waals surface area contributed by atoms with Crippen LogP contribution in [0.5, 0.6) is 28.7 Å². The monoisotopic (exact) mass is 1040 g/mol. The first-order chi connectivity index (χ1) is 35.5. The fourth-order valence-corrected chi connectivity index (χ4v) is 11.8. The number of aromatic nitrogens is 1. The molecule has 19 heteroatoms. The number of rotatable bonds is 25. The molecule has 394 valence electrons. The van der Waals surface area contributed by atoms with Gasteiger partial charge in [0.05, 0.1) is 99.8 Å². The lowest BCUT2D eigenvalue weighted by atomic mass is 10.1. The molecule has 3 saturated heterocycles. The van der Waals surface area contributed by atoms with Crippen molar-refractivity contribution in [1.29, 1.82) is 0 Å². The van der Waals surface area contributed by atoms with Gasteiger partial charge in [0, 0.05) is 93.8 Å². The van der Waals surface area contributed by atoms with Crippen LogP contribution in [0.3, 0.4) is 0 Å². The highest BCUT2D eigenvalue weighted by atomic mass is 33.1. The molecule has 2 aromatic carbocycles. The van der Waals surface area contributed by atoms with Gasteiger partial charge < -0.3 is 47.7 Å². The number of carbonyl (C=O) groups excluding carboxylic acids is 2. The smallest absolute Gasteiger partial charge is 0.257 e. The van der Waals surface area contributed by atoms with Crippen LogP contribution < -0.4 is 23.7 Å². The molecule has 2 amide bonds. The van der Waals surface area contributed by atoms with E-state index in [0.29, 0.717) is 115 Å². The van der Waals surface area contributed by atoms with Gasteiger partial charge in [-0.25, -0.2) is 0 Å². The van der Waals surface area contributed by atoms with E-state index < -0.39 is 0 Å². The second kappa shape index (κ2) is 25.9. The van der Waals surface area contributed by atoms with Crippen molar-refractivity contribution >= 4 is 57.2 Å². The molecule has 0 saturated carbocycles. The van der Waals surface area contributed by atoms with Gasteiger partial charge in [0.15, 0.2) is 23.0 Å². The van der Waals surface area contributed by atoms with Gasteiger partial charge in [-0.15, -0.1) is 0 Å². The van der Waals surface area contributed by atoms with Crippen molar-refractivity contribution in [3.05, 3.63) is 82.2 Å². The molecule has 0 unspecified atom stereocenters. The second-order valence-corrected chi connectivity index (χ2v) is 22.2. The Kier molecular flexibility index (Phi) is 19.2. The fraction of sp³-hybridized carbons (Fsp3) is 0.537. The van der Waals surface area contributed by atoms with Crippen molar-refractivity contribution in [3.63, 3.8) is 0 Å². The summed E-state index contributed by atoms with van der Waals surface area (Å²) in [7, 11) is 6.72. The number of morpholine rings is 1. The number of hydrogen-bond donors (Lipinski definition) is 0. The Morgan fingerprint density at radius 1 is 0.712 bits per heavy atom. The first-order valence-corrected chi connectivity index (χ1v) is 27.7. The Bertz CT molecular complexity index is 2400. The number of amides is 2. The van der Waals surface area contributed by atoms with Gasteiger partial charge in [-0.1, -0.05) is 44.9 Å². The molecule has 6 heterocycles. The first kappa shape index (κ1) is 54.1. The van der Waals surface area contributed by atoms with E-state index in [0.717, 1.165) is 58.8 Å². The number of hydrogen-bond acceptors (Lipinski definition) is 17. The first-order valence-electron chi connectivity index (χ1n) is 25.2. The van der Waals surface area contributed by atoms with E-state index >= 15 is 0 Å². The maximum absolute atomic E-state index is 13.8. The number of nitrogens with zero attached hydrogens (tertiary/aromatic N) is 7. The lowest BCUT2D eigenvalue weighted by molar-refractivity contribution is 0.00544. The predicted octanol–water partition coefficient (Wildman–Crippen LogP) is 7.85. The van der Waals surface area contributed by atoms with Gasteiger partial charge in [-0.3, -0.25) is 34.4 Å². The van der Waals surface area contributed by atoms with E-state index in [4.69, 9.17) is 52.9 Å². The van der Waals surface area contributed by atoms with Crippen LogP contribution in [0.2, 0.25) is 0 Å². The van der Waals surface area contributed by atoms with Crippen LogP contribution in [0.25, 0.3) is 0 Å². The molecule has 73 heavy (non-hydrogen) atoms. The third-order valence-corrected chi connectivity index (χ3v) is 16.1. The predicted molar refractivity (Wildman–Crippen MR) is 288 cm³/mol. The van der Waals surface area contributed by atoms with Crippen molar-refractivity contribution in [3.8, 4) is 28.7 Å². The lowest BCUT2D eigenvalue weighted by Gasteiger charge is -2.31. The van der Waals surface area contributed by atoms with E-state index in [1.165, 1.54) is 11.1 Å². The molecule has 0 N–H and O–H groups in total. The summed E-state index contributed by atoms with van der Waals surface area (Å²) in [6.07, 6.45) is 11.4. The largest absolute Gasteiger partial charge is 0.493 e. The zero-order chi connectivity index (χ0) is 51.3. The highest BCUT2D eigenvalue weighted by Crippen LogP contribution is 2.41. The molecule has 3 fully saturated rings. The summed E-state index contributed by atoms with van der Waals surface area (Å²) in [6, 6.07) is 10.4. The van der Waals surface area contributed by atoms with Gasteiger partial charge in [0.1, 0.15) is 25.6 Å². The van der Waals surface area contributed by atoms with E-state index in [-0.39, 0.29) is 41.9 Å². The fourth-order valence-electron chi connectivity index (χ4n) is 9.57. The third-order valence-electron chi connectivity index (χ3n) is 13.4. The molecule has 0 bridgehead atoms. The summed E-state index contributed by atoms with van der Waals surface area (Å²) >= 11 is 0. The molecule has 8 rings (SSSR count). The Morgan fingerprint density at radius 3 is 1.77 bits per heavy atom.